The lowest BCUT2D eigenvalue weighted by atomic mass is 10.2. The molecule has 5 heteroatoms. The third kappa shape index (κ3) is 8.68. The fraction of sp³-hybridized carbons (Fsp3) is 0.833. The molecule has 0 bridgehead atoms. The van der Waals surface area contributed by atoms with Crippen molar-refractivity contribution in [3.8, 4) is 0 Å². The summed E-state index contributed by atoms with van der Waals surface area (Å²) in [7, 11) is 3.45. The smallest absolute Gasteiger partial charge is 0.222 e. The van der Waals surface area contributed by atoms with Crippen molar-refractivity contribution >= 4 is 11.8 Å². The topological polar surface area (TPSA) is 61.4 Å². The highest BCUT2D eigenvalue weighted by Crippen LogP contribution is 1.98. The van der Waals surface area contributed by atoms with Crippen molar-refractivity contribution in [3.05, 3.63) is 0 Å². The van der Waals surface area contributed by atoms with E-state index in [0.29, 0.717) is 25.8 Å². The number of hydrogen-bond donors (Lipinski definition) is 2. The Labute approximate surface area is 104 Å². The number of carbonyl (C=O) groups is 2. The Kier molecular flexibility index (Phi) is 8.40. The molecule has 2 amide bonds. The number of nitrogens with one attached hydrogen (secondary N) is 2. The summed E-state index contributed by atoms with van der Waals surface area (Å²) in [6.45, 7) is 5.59. The number of carbonyl (C=O) groups excluding carboxylic acids is 2. The summed E-state index contributed by atoms with van der Waals surface area (Å²) in [4.78, 5) is 24.2. The second-order valence-electron chi connectivity index (χ2n) is 4.40. The van der Waals surface area contributed by atoms with Gasteiger partial charge in [-0.05, 0) is 19.9 Å². The fourth-order valence-corrected chi connectivity index (χ4v) is 1.40. The van der Waals surface area contributed by atoms with Crippen LogP contribution in [-0.2, 0) is 9.59 Å². The first-order valence-corrected chi connectivity index (χ1v) is 6.17. The van der Waals surface area contributed by atoms with Crippen LogP contribution in [0.25, 0.3) is 0 Å². The van der Waals surface area contributed by atoms with Crippen molar-refractivity contribution in [1.29, 1.82) is 0 Å². The van der Waals surface area contributed by atoms with Crippen molar-refractivity contribution in [1.82, 2.24) is 15.5 Å². The van der Waals surface area contributed by atoms with Crippen molar-refractivity contribution < 1.29 is 9.59 Å². The fourth-order valence-electron chi connectivity index (χ4n) is 1.40. The van der Waals surface area contributed by atoms with Gasteiger partial charge in [-0.3, -0.25) is 9.59 Å². The summed E-state index contributed by atoms with van der Waals surface area (Å²) in [5, 5.41) is 6.06. The van der Waals surface area contributed by atoms with Crippen LogP contribution in [0.5, 0.6) is 0 Å². The maximum absolute atomic E-state index is 11.4. The van der Waals surface area contributed by atoms with Crippen molar-refractivity contribution in [2.45, 2.75) is 39.2 Å². The van der Waals surface area contributed by atoms with E-state index in [0.717, 1.165) is 6.54 Å². The highest BCUT2D eigenvalue weighted by molar-refractivity contribution is 5.78. The Morgan fingerprint density at radius 3 is 2.41 bits per heavy atom. The summed E-state index contributed by atoms with van der Waals surface area (Å²) in [5.41, 5.74) is 0. The van der Waals surface area contributed by atoms with Crippen LogP contribution in [0.1, 0.15) is 33.1 Å². The van der Waals surface area contributed by atoms with E-state index in [9.17, 15) is 9.59 Å². The molecule has 1 atom stereocenters. The first-order valence-electron chi connectivity index (χ1n) is 6.17. The number of likely N-dealkylation sites (N-methyl/N-ethyl adjacent to an activating group) is 1. The van der Waals surface area contributed by atoms with Crippen LogP contribution >= 0.6 is 0 Å². The Morgan fingerprint density at radius 2 is 1.88 bits per heavy atom. The number of hydrogen-bond acceptors (Lipinski definition) is 3. The Bertz CT molecular complexity index is 242. The molecule has 0 saturated heterocycles. The van der Waals surface area contributed by atoms with E-state index in [1.165, 1.54) is 0 Å². The molecule has 100 valence electrons. The van der Waals surface area contributed by atoms with Crippen molar-refractivity contribution in [3.63, 3.8) is 0 Å². The average molecular weight is 243 g/mol. The second kappa shape index (κ2) is 8.98. The third-order valence-corrected chi connectivity index (χ3v) is 2.45. The van der Waals surface area contributed by atoms with E-state index in [4.69, 9.17) is 0 Å². The summed E-state index contributed by atoms with van der Waals surface area (Å²) in [5.74, 6) is 0.0835. The van der Waals surface area contributed by atoms with Gasteiger partial charge in [0.05, 0.1) is 0 Å². The average Bonchev–Trinajstić information content (AvgIpc) is 2.26. The van der Waals surface area contributed by atoms with E-state index < -0.39 is 0 Å². The van der Waals surface area contributed by atoms with Crippen LogP contribution in [0.15, 0.2) is 0 Å². The monoisotopic (exact) mass is 243 g/mol. The largest absolute Gasteiger partial charge is 0.355 e. The SMILES string of the molecule is CCN[C@H](C)CNC(=O)CCCC(=O)N(C)C. The molecule has 0 aromatic rings. The maximum atomic E-state index is 11.4. The van der Waals surface area contributed by atoms with Crippen molar-refractivity contribution in [2.75, 3.05) is 27.2 Å². The van der Waals surface area contributed by atoms with Gasteiger partial charge in [-0.25, -0.2) is 0 Å². The molecular formula is C12H25N3O2. The van der Waals surface area contributed by atoms with E-state index >= 15 is 0 Å². The molecule has 0 unspecified atom stereocenters. The molecular weight excluding hydrogens is 218 g/mol. The first kappa shape index (κ1) is 15.9. The summed E-state index contributed by atoms with van der Waals surface area (Å²) < 4.78 is 0. The predicted molar refractivity (Wildman–Crippen MR) is 68.7 cm³/mol. The van der Waals surface area contributed by atoms with Gasteiger partial charge < -0.3 is 15.5 Å². The zero-order chi connectivity index (χ0) is 13.3. The number of nitrogens with zero attached hydrogens (tertiary/aromatic N) is 1. The van der Waals surface area contributed by atoms with Gasteiger partial charge in [0.25, 0.3) is 0 Å². The summed E-state index contributed by atoms with van der Waals surface area (Å²) in [6.07, 6.45) is 1.46. The Balaban J connectivity index is 3.56. The Morgan fingerprint density at radius 1 is 1.24 bits per heavy atom. The normalized spacial score (nSPS) is 12.0. The third-order valence-electron chi connectivity index (χ3n) is 2.45. The molecule has 0 aliphatic carbocycles. The lowest BCUT2D eigenvalue weighted by Gasteiger charge is -2.13. The minimum atomic E-state index is 0.0151. The minimum Gasteiger partial charge on any atom is -0.355 e. The molecule has 0 aliphatic heterocycles. The van der Waals surface area contributed by atoms with Gasteiger partial charge in [0.15, 0.2) is 0 Å². The maximum Gasteiger partial charge on any atom is 0.222 e. The molecule has 0 aromatic carbocycles. The van der Waals surface area contributed by atoms with Crippen LogP contribution in [0.3, 0.4) is 0 Å². The number of amides is 2. The molecule has 0 heterocycles. The molecule has 0 rings (SSSR count). The Hall–Kier alpha value is -1.10. The minimum absolute atomic E-state index is 0.0151. The first-order chi connectivity index (χ1) is 7.97. The molecule has 0 spiro atoms. The lowest BCUT2D eigenvalue weighted by Crippen LogP contribution is -2.38. The predicted octanol–water partition coefficient (Wildman–Crippen LogP) is 0.359. The highest BCUT2D eigenvalue weighted by atomic mass is 16.2. The zero-order valence-electron chi connectivity index (χ0n) is 11.4. The van der Waals surface area contributed by atoms with E-state index in [1.807, 2.05) is 13.8 Å². The van der Waals surface area contributed by atoms with Crippen LogP contribution in [0, 0.1) is 0 Å². The van der Waals surface area contributed by atoms with E-state index in [-0.39, 0.29) is 17.9 Å². The second-order valence-corrected chi connectivity index (χ2v) is 4.40. The quantitative estimate of drug-likeness (QED) is 0.647. The van der Waals surface area contributed by atoms with Gasteiger partial charge in [-0.15, -0.1) is 0 Å². The molecule has 0 aliphatic rings. The molecule has 0 fully saturated rings. The van der Waals surface area contributed by atoms with Gasteiger partial charge in [-0.2, -0.15) is 0 Å². The molecule has 0 saturated carbocycles. The van der Waals surface area contributed by atoms with Gasteiger partial charge in [-0.1, -0.05) is 6.92 Å². The van der Waals surface area contributed by atoms with Crippen LogP contribution < -0.4 is 10.6 Å². The van der Waals surface area contributed by atoms with Gasteiger partial charge >= 0.3 is 0 Å². The standard InChI is InChI=1S/C12H25N3O2/c1-5-13-10(2)9-14-11(16)7-6-8-12(17)15(3)4/h10,13H,5-9H2,1-4H3,(H,14,16)/t10-/m1/s1. The van der Waals surface area contributed by atoms with E-state index in [1.54, 1.807) is 19.0 Å². The molecule has 5 nitrogen and oxygen atoms in total. The van der Waals surface area contributed by atoms with Gasteiger partial charge in [0.2, 0.25) is 11.8 Å². The number of rotatable bonds is 8. The van der Waals surface area contributed by atoms with Crippen molar-refractivity contribution in [2.24, 2.45) is 0 Å². The lowest BCUT2D eigenvalue weighted by molar-refractivity contribution is -0.129. The zero-order valence-corrected chi connectivity index (χ0v) is 11.4. The molecule has 2 N–H and O–H groups in total. The molecule has 0 aromatic heterocycles. The van der Waals surface area contributed by atoms with Crippen LogP contribution in [0.4, 0.5) is 0 Å². The molecule has 0 radical (unpaired) electrons. The summed E-state index contributed by atoms with van der Waals surface area (Å²) in [6, 6.07) is 0.285. The van der Waals surface area contributed by atoms with Crippen LogP contribution in [-0.4, -0.2) is 49.9 Å². The van der Waals surface area contributed by atoms with E-state index in [2.05, 4.69) is 10.6 Å². The summed E-state index contributed by atoms with van der Waals surface area (Å²) >= 11 is 0. The highest BCUT2D eigenvalue weighted by Gasteiger charge is 2.07. The van der Waals surface area contributed by atoms with Crippen LogP contribution in [0.2, 0.25) is 0 Å². The van der Waals surface area contributed by atoms with Gasteiger partial charge in [0.1, 0.15) is 0 Å². The molecule has 17 heavy (non-hydrogen) atoms. The van der Waals surface area contributed by atoms with Gasteiger partial charge in [0, 0.05) is 39.5 Å².